The molecule has 0 aliphatic carbocycles. The molecule has 26 heavy (non-hydrogen) atoms. The first kappa shape index (κ1) is 23.9. The zero-order valence-corrected chi connectivity index (χ0v) is 17.6. The average Bonchev–Trinajstić information content (AvgIpc) is 2.68. The van der Waals surface area contributed by atoms with E-state index in [4.69, 9.17) is 9.84 Å². The van der Waals surface area contributed by atoms with Gasteiger partial charge in [-0.05, 0) is 19.4 Å². The summed E-state index contributed by atoms with van der Waals surface area (Å²) < 4.78 is 5.39. The highest BCUT2D eigenvalue weighted by Gasteiger charge is 2.08. The maximum absolute atomic E-state index is 8.73. The van der Waals surface area contributed by atoms with Crippen molar-refractivity contribution in [3.8, 4) is 0 Å². The number of aliphatic hydroxyl groups excluding tert-OH is 1. The van der Waals surface area contributed by atoms with Crippen molar-refractivity contribution < 1.29 is 9.84 Å². The van der Waals surface area contributed by atoms with Crippen LogP contribution in [0.2, 0.25) is 0 Å². The molecule has 0 saturated carbocycles. The van der Waals surface area contributed by atoms with Gasteiger partial charge in [-0.15, -0.1) is 0 Å². The van der Waals surface area contributed by atoms with Gasteiger partial charge in [-0.1, -0.05) is 96.3 Å². The fraction of sp³-hybridized carbons (Fsp3) is 1.00. The lowest BCUT2D eigenvalue weighted by atomic mass is 10.0. The number of rotatable bonds is 19. The van der Waals surface area contributed by atoms with Crippen LogP contribution in [0.25, 0.3) is 0 Å². The van der Waals surface area contributed by atoms with E-state index in [-0.39, 0.29) is 0 Å². The van der Waals surface area contributed by atoms with Crippen LogP contribution >= 0.6 is 0 Å². The van der Waals surface area contributed by atoms with Crippen molar-refractivity contribution in [2.45, 2.75) is 109 Å². The Morgan fingerprint density at radius 3 is 1.23 bits per heavy atom. The molecule has 0 unspecified atom stereocenters. The van der Waals surface area contributed by atoms with Crippen LogP contribution in [-0.2, 0) is 4.74 Å². The molecule has 156 valence electrons. The van der Waals surface area contributed by atoms with E-state index in [1.807, 2.05) is 0 Å². The van der Waals surface area contributed by atoms with Crippen LogP contribution in [-0.4, -0.2) is 49.5 Å². The van der Waals surface area contributed by atoms with Crippen molar-refractivity contribution in [2.75, 3.05) is 39.5 Å². The molecule has 1 aliphatic heterocycles. The molecule has 1 fully saturated rings. The fourth-order valence-electron chi connectivity index (χ4n) is 3.92. The highest BCUT2D eigenvalue weighted by molar-refractivity contribution is 4.61. The van der Waals surface area contributed by atoms with Crippen LogP contribution in [0.1, 0.15) is 109 Å². The maximum Gasteiger partial charge on any atom is 0.0594 e. The van der Waals surface area contributed by atoms with Gasteiger partial charge in [0.15, 0.2) is 0 Å². The van der Waals surface area contributed by atoms with Gasteiger partial charge in [0.25, 0.3) is 0 Å². The molecule has 0 amide bonds. The normalized spacial score (nSPS) is 15.6. The van der Waals surface area contributed by atoms with E-state index in [9.17, 15) is 0 Å². The topological polar surface area (TPSA) is 32.7 Å². The van der Waals surface area contributed by atoms with Crippen molar-refractivity contribution >= 4 is 0 Å². The minimum absolute atomic E-state index is 0.370. The summed E-state index contributed by atoms with van der Waals surface area (Å²) in [5.74, 6) is 0. The molecule has 0 atom stereocenters. The highest BCUT2D eigenvalue weighted by Crippen LogP contribution is 2.14. The van der Waals surface area contributed by atoms with Crippen molar-refractivity contribution in [3.63, 3.8) is 0 Å². The second-order valence-electron chi connectivity index (χ2n) is 8.19. The first-order valence-electron chi connectivity index (χ1n) is 11.8. The Kier molecular flexibility index (Phi) is 18.1. The molecular formula is C23H47NO2. The molecule has 3 heteroatoms. The third-order valence-electron chi connectivity index (χ3n) is 5.74. The molecule has 1 heterocycles. The van der Waals surface area contributed by atoms with Gasteiger partial charge >= 0.3 is 0 Å². The van der Waals surface area contributed by atoms with Crippen molar-refractivity contribution in [3.05, 3.63) is 0 Å². The summed E-state index contributed by atoms with van der Waals surface area (Å²) >= 11 is 0. The molecule has 1 saturated heterocycles. The number of ether oxygens (including phenoxy) is 1. The summed E-state index contributed by atoms with van der Waals surface area (Å²) in [5, 5.41) is 8.73. The summed E-state index contributed by atoms with van der Waals surface area (Å²) in [5.41, 5.74) is 0. The van der Waals surface area contributed by atoms with E-state index in [1.54, 1.807) is 0 Å². The van der Waals surface area contributed by atoms with Crippen molar-refractivity contribution in [1.29, 1.82) is 0 Å². The SMILES string of the molecule is OCCCCCCCCCCCCCCCCCCCN1CCOCC1. The minimum Gasteiger partial charge on any atom is -0.396 e. The zero-order valence-electron chi connectivity index (χ0n) is 17.6. The summed E-state index contributed by atoms with van der Waals surface area (Å²) in [4.78, 5) is 2.56. The van der Waals surface area contributed by atoms with E-state index in [0.29, 0.717) is 6.61 Å². The van der Waals surface area contributed by atoms with E-state index in [2.05, 4.69) is 4.90 Å². The van der Waals surface area contributed by atoms with Crippen molar-refractivity contribution in [1.82, 2.24) is 4.90 Å². The molecule has 0 radical (unpaired) electrons. The van der Waals surface area contributed by atoms with Crippen LogP contribution in [0, 0.1) is 0 Å². The van der Waals surface area contributed by atoms with Crippen LogP contribution in [0.5, 0.6) is 0 Å². The number of hydrogen-bond acceptors (Lipinski definition) is 3. The maximum atomic E-state index is 8.73. The number of morpholine rings is 1. The van der Waals surface area contributed by atoms with Gasteiger partial charge in [-0.3, -0.25) is 4.90 Å². The molecule has 0 aromatic rings. The predicted octanol–water partition coefficient (Wildman–Crippen LogP) is 5.94. The van der Waals surface area contributed by atoms with E-state index >= 15 is 0 Å². The van der Waals surface area contributed by atoms with Crippen LogP contribution in [0.15, 0.2) is 0 Å². The van der Waals surface area contributed by atoms with Gasteiger partial charge in [0.1, 0.15) is 0 Å². The number of aliphatic hydroxyl groups is 1. The second kappa shape index (κ2) is 19.6. The number of nitrogens with zero attached hydrogens (tertiary/aromatic N) is 1. The third-order valence-corrected chi connectivity index (χ3v) is 5.74. The van der Waals surface area contributed by atoms with Gasteiger partial charge in [-0.2, -0.15) is 0 Å². The Labute approximate surface area is 163 Å². The quantitative estimate of drug-likeness (QED) is 0.286. The third kappa shape index (κ3) is 16.1. The largest absolute Gasteiger partial charge is 0.396 e. The zero-order chi connectivity index (χ0) is 18.5. The molecule has 1 rings (SSSR count). The Morgan fingerprint density at radius 2 is 0.846 bits per heavy atom. The van der Waals surface area contributed by atoms with Gasteiger partial charge in [0.2, 0.25) is 0 Å². The summed E-state index contributed by atoms with van der Waals surface area (Å²) in [7, 11) is 0. The fourth-order valence-corrected chi connectivity index (χ4v) is 3.92. The number of hydrogen-bond donors (Lipinski definition) is 1. The standard InChI is InChI=1S/C23H47NO2/c25-21-17-15-13-11-9-7-5-3-1-2-4-6-8-10-12-14-16-18-24-19-22-26-23-20-24/h25H,1-23H2. The Balaban J connectivity index is 1.65. The van der Waals surface area contributed by atoms with Crippen molar-refractivity contribution in [2.24, 2.45) is 0 Å². The van der Waals surface area contributed by atoms with Crippen LogP contribution in [0.4, 0.5) is 0 Å². The summed E-state index contributed by atoms with van der Waals surface area (Å²) in [6, 6.07) is 0. The van der Waals surface area contributed by atoms with Gasteiger partial charge in [0, 0.05) is 19.7 Å². The Bertz CT molecular complexity index is 267. The second-order valence-corrected chi connectivity index (χ2v) is 8.19. The Hall–Kier alpha value is -0.120. The lowest BCUT2D eigenvalue weighted by Crippen LogP contribution is -2.36. The molecule has 0 aromatic carbocycles. The van der Waals surface area contributed by atoms with Crippen LogP contribution < -0.4 is 0 Å². The molecule has 0 bridgehead atoms. The number of unbranched alkanes of at least 4 members (excludes halogenated alkanes) is 16. The molecular weight excluding hydrogens is 322 g/mol. The van der Waals surface area contributed by atoms with E-state index in [0.717, 1.165) is 32.7 Å². The van der Waals surface area contributed by atoms with E-state index in [1.165, 1.54) is 109 Å². The molecule has 0 aromatic heterocycles. The monoisotopic (exact) mass is 369 g/mol. The lowest BCUT2D eigenvalue weighted by Gasteiger charge is -2.26. The average molecular weight is 370 g/mol. The van der Waals surface area contributed by atoms with E-state index < -0.39 is 0 Å². The first-order valence-corrected chi connectivity index (χ1v) is 11.8. The molecule has 1 aliphatic rings. The predicted molar refractivity (Wildman–Crippen MR) is 113 cm³/mol. The summed E-state index contributed by atoms with van der Waals surface area (Å²) in [6.45, 7) is 5.81. The molecule has 1 N–H and O–H groups in total. The van der Waals surface area contributed by atoms with Gasteiger partial charge < -0.3 is 9.84 Å². The van der Waals surface area contributed by atoms with Crippen LogP contribution in [0.3, 0.4) is 0 Å². The summed E-state index contributed by atoms with van der Waals surface area (Å²) in [6.07, 6.45) is 23.5. The molecule has 3 nitrogen and oxygen atoms in total. The lowest BCUT2D eigenvalue weighted by molar-refractivity contribution is 0.0371. The van der Waals surface area contributed by atoms with Gasteiger partial charge in [-0.25, -0.2) is 0 Å². The smallest absolute Gasteiger partial charge is 0.0594 e. The first-order chi connectivity index (χ1) is 12.9. The molecule has 0 spiro atoms. The Morgan fingerprint density at radius 1 is 0.500 bits per heavy atom. The van der Waals surface area contributed by atoms with Gasteiger partial charge in [0.05, 0.1) is 13.2 Å². The minimum atomic E-state index is 0.370. The highest BCUT2D eigenvalue weighted by atomic mass is 16.5.